The number of pyridine rings is 1. The zero-order valence-corrected chi connectivity index (χ0v) is 20.8. The van der Waals surface area contributed by atoms with Gasteiger partial charge in [-0.15, -0.1) is 0 Å². The molecular weight excluding hydrogens is 480 g/mol. The fourth-order valence-corrected chi connectivity index (χ4v) is 5.30. The van der Waals surface area contributed by atoms with E-state index in [9.17, 15) is 18.0 Å². The molecule has 11 heteroatoms. The van der Waals surface area contributed by atoms with Gasteiger partial charge in [-0.2, -0.15) is 13.1 Å². The zero-order chi connectivity index (χ0) is 25.1. The van der Waals surface area contributed by atoms with E-state index in [2.05, 4.69) is 19.7 Å². The number of piperidine rings is 1. The number of anilines is 1. The molecule has 0 radical (unpaired) electrons. The van der Waals surface area contributed by atoms with E-state index >= 15 is 0 Å². The van der Waals surface area contributed by atoms with Gasteiger partial charge in [0.15, 0.2) is 0 Å². The van der Waals surface area contributed by atoms with Crippen molar-refractivity contribution in [3.63, 3.8) is 0 Å². The second-order valence-corrected chi connectivity index (χ2v) is 10.8. The summed E-state index contributed by atoms with van der Waals surface area (Å²) in [5.41, 5.74) is 3.04. The van der Waals surface area contributed by atoms with Crippen molar-refractivity contribution in [2.24, 2.45) is 0 Å². The SMILES string of the molecule is O=C(NC1CCC1)c1ccc2nc(-c3cccc(NS(=O)(=O)NCCN4CCCCC4=O)c3)cn2c1. The van der Waals surface area contributed by atoms with Crippen molar-refractivity contribution < 1.29 is 18.0 Å². The topological polar surface area (TPSA) is 125 Å². The second-order valence-electron chi connectivity index (χ2n) is 9.33. The van der Waals surface area contributed by atoms with Crippen molar-refractivity contribution in [2.75, 3.05) is 24.4 Å². The number of benzene rings is 1. The smallest absolute Gasteiger partial charge is 0.299 e. The Morgan fingerprint density at radius 2 is 1.94 bits per heavy atom. The van der Waals surface area contributed by atoms with Crippen LogP contribution in [-0.2, 0) is 15.0 Å². The molecule has 5 rings (SSSR count). The van der Waals surface area contributed by atoms with Crippen LogP contribution in [0, 0.1) is 0 Å². The Morgan fingerprint density at radius 1 is 1.08 bits per heavy atom. The number of aromatic nitrogens is 2. The highest BCUT2D eigenvalue weighted by molar-refractivity contribution is 7.90. The standard InChI is InChI=1S/C25H30N6O4S/c32-24-9-1-2-13-30(24)14-12-26-36(34,35)29-21-8-3-5-18(15-21)22-17-31-16-19(10-11-23(31)28-22)25(33)27-20-6-4-7-20/h3,5,8,10-11,15-17,20,26,29H,1-2,4,6-7,9,12-14H2,(H,27,33). The molecule has 0 atom stereocenters. The lowest BCUT2D eigenvalue weighted by atomic mass is 9.93. The van der Waals surface area contributed by atoms with Crippen LogP contribution >= 0.6 is 0 Å². The first-order valence-electron chi connectivity index (χ1n) is 12.3. The van der Waals surface area contributed by atoms with Crippen LogP contribution in [0.15, 0.2) is 48.8 Å². The average molecular weight is 511 g/mol. The van der Waals surface area contributed by atoms with Crippen LogP contribution in [0.5, 0.6) is 0 Å². The predicted octanol–water partition coefficient (Wildman–Crippen LogP) is 2.54. The van der Waals surface area contributed by atoms with Crippen LogP contribution in [-0.4, -0.2) is 60.2 Å². The van der Waals surface area contributed by atoms with Gasteiger partial charge in [0, 0.05) is 50.1 Å². The summed E-state index contributed by atoms with van der Waals surface area (Å²) in [6.45, 7) is 1.16. The Labute approximate surface area is 210 Å². The van der Waals surface area contributed by atoms with E-state index in [1.165, 1.54) is 0 Å². The van der Waals surface area contributed by atoms with Gasteiger partial charge in [-0.05, 0) is 56.4 Å². The number of hydrogen-bond donors (Lipinski definition) is 3. The van der Waals surface area contributed by atoms with Crippen LogP contribution in [0.1, 0.15) is 48.9 Å². The molecule has 1 aliphatic carbocycles. The Kier molecular flexibility index (Phi) is 6.92. The maximum atomic E-state index is 12.5. The Hall–Kier alpha value is -3.44. The highest BCUT2D eigenvalue weighted by Gasteiger charge is 2.21. The van der Waals surface area contributed by atoms with Crippen LogP contribution in [0.2, 0.25) is 0 Å². The molecule has 2 aliphatic rings. The quantitative estimate of drug-likeness (QED) is 0.408. The van der Waals surface area contributed by atoms with Gasteiger partial charge in [0.25, 0.3) is 16.1 Å². The fraction of sp³-hybridized carbons (Fsp3) is 0.400. The lowest BCUT2D eigenvalue weighted by Gasteiger charge is -2.26. The number of carbonyl (C=O) groups is 2. The van der Waals surface area contributed by atoms with Gasteiger partial charge < -0.3 is 14.6 Å². The van der Waals surface area contributed by atoms with Crippen LogP contribution in [0.3, 0.4) is 0 Å². The van der Waals surface area contributed by atoms with E-state index in [-0.39, 0.29) is 24.4 Å². The molecule has 2 amide bonds. The maximum absolute atomic E-state index is 12.5. The second kappa shape index (κ2) is 10.3. The lowest BCUT2D eigenvalue weighted by Crippen LogP contribution is -2.42. The Balaban J connectivity index is 1.24. The summed E-state index contributed by atoms with van der Waals surface area (Å²) in [6, 6.07) is 10.8. The van der Waals surface area contributed by atoms with Gasteiger partial charge in [0.2, 0.25) is 5.91 Å². The van der Waals surface area contributed by atoms with Crippen molar-refractivity contribution in [2.45, 2.75) is 44.6 Å². The molecule has 0 bridgehead atoms. The summed E-state index contributed by atoms with van der Waals surface area (Å²) in [4.78, 5) is 30.7. The van der Waals surface area contributed by atoms with E-state index in [4.69, 9.17) is 0 Å². The van der Waals surface area contributed by atoms with Crippen molar-refractivity contribution in [3.05, 3.63) is 54.4 Å². The molecule has 0 unspecified atom stereocenters. The first-order valence-corrected chi connectivity index (χ1v) is 13.8. The lowest BCUT2D eigenvalue weighted by molar-refractivity contribution is -0.133. The molecule has 3 heterocycles. The van der Waals surface area contributed by atoms with Crippen molar-refractivity contribution in [1.29, 1.82) is 0 Å². The van der Waals surface area contributed by atoms with Crippen molar-refractivity contribution in [1.82, 2.24) is 24.3 Å². The monoisotopic (exact) mass is 510 g/mol. The largest absolute Gasteiger partial charge is 0.349 e. The number of likely N-dealkylation sites (tertiary alicyclic amines) is 1. The molecular formula is C25H30N6O4S. The van der Waals surface area contributed by atoms with Crippen LogP contribution < -0.4 is 14.8 Å². The number of nitrogens with one attached hydrogen (secondary N) is 3. The van der Waals surface area contributed by atoms with Gasteiger partial charge in [-0.25, -0.2) is 4.98 Å². The van der Waals surface area contributed by atoms with Crippen LogP contribution in [0.4, 0.5) is 5.69 Å². The normalized spacial score (nSPS) is 16.7. The molecule has 2 aromatic heterocycles. The molecule has 3 aromatic rings. The first kappa shape index (κ1) is 24.3. The third kappa shape index (κ3) is 5.68. The highest BCUT2D eigenvalue weighted by atomic mass is 32.2. The van der Waals surface area contributed by atoms with Crippen molar-refractivity contribution in [3.8, 4) is 11.3 Å². The number of rotatable bonds is 9. The average Bonchev–Trinajstić information content (AvgIpc) is 3.26. The predicted molar refractivity (Wildman–Crippen MR) is 137 cm³/mol. The fourth-order valence-electron chi connectivity index (χ4n) is 4.43. The van der Waals surface area contributed by atoms with Gasteiger partial charge in [0.1, 0.15) is 5.65 Å². The zero-order valence-electron chi connectivity index (χ0n) is 19.9. The number of imidazole rings is 1. The van der Waals surface area contributed by atoms with Gasteiger partial charge in [0.05, 0.1) is 16.9 Å². The Morgan fingerprint density at radius 3 is 2.72 bits per heavy atom. The molecule has 0 spiro atoms. The molecule has 2 fully saturated rings. The summed E-state index contributed by atoms with van der Waals surface area (Å²) in [5.74, 6) is -0.0231. The van der Waals surface area contributed by atoms with Gasteiger partial charge in [-0.3, -0.25) is 14.3 Å². The molecule has 36 heavy (non-hydrogen) atoms. The molecule has 1 aromatic carbocycles. The third-order valence-electron chi connectivity index (χ3n) is 6.66. The number of carbonyl (C=O) groups excluding carboxylic acids is 2. The minimum Gasteiger partial charge on any atom is -0.349 e. The minimum absolute atomic E-state index is 0.0691. The first-order chi connectivity index (χ1) is 17.4. The van der Waals surface area contributed by atoms with Crippen molar-refractivity contribution >= 4 is 33.4 Å². The minimum atomic E-state index is -3.81. The molecule has 3 N–H and O–H groups in total. The third-order valence-corrected chi connectivity index (χ3v) is 7.75. The maximum Gasteiger partial charge on any atom is 0.299 e. The van der Waals surface area contributed by atoms with E-state index < -0.39 is 10.2 Å². The number of amides is 2. The van der Waals surface area contributed by atoms with E-state index in [0.717, 1.165) is 37.7 Å². The number of nitrogens with zero attached hydrogens (tertiary/aromatic N) is 3. The highest BCUT2D eigenvalue weighted by Crippen LogP contribution is 2.24. The summed E-state index contributed by atoms with van der Waals surface area (Å²) in [6.07, 6.45) is 9.13. The summed E-state index contributed by atoms with van der Waals surface area (Å²) < 4.78 is 31.9. The molecule has 1 saturated carbocycles. The molecule has 10 nitrogen and oxygen atoms in total. The van der Waals surface area contributed by atoms with E-state index in [0.29, 0.717) is 42.1 Å². The molecule has 190 valence electrons. The summed E-state index contributed by atoms with van der Waals surface area (Å²) in [7, 11) is -3.81. The number of hydrogen-bond acceptors (Lipinski definition) is 5. The van der Waals surface area contributed by atoms with Gasteiger partial charge >= 0.3 is 0 Å². The van der Waals surface area contributed by atoms with E-state index in [1.807, 2.05) is 12.3 Å². The molecule has 1 aliphatic heterocycles. The summed E-state index contributed by atoms with van der Waals surface area (Å²) >= 11 is 0. The molecule has 1 saturated heterocycles. The van der Waals surface area contributed by atoms with Crippen LogP contribution in [0.25, 0.3) is 16.9 Å². The number of fused-ring (bicyclic) bond motifs is 1. The van der Waals surface area contributed by atoms with Gasteiger partial charge in [-0.1, -0.05) is 12.1 Å². The van der Waals surface area contributed by atoms with E-state index in [1.54, 1.807) is 45.8 Å². The summed E-state index contributed by atoms with van der Waals surface area (Å²) in [5, 5.41) is 3.04. The Bertz CT molecular complexity index is 1380.